The molecule has 3 aromatic heterocycles. The number of nitrogens with zero attached hydrogens (tertiary/aromatic N) is 4. The predicted octanol–water partition coefficient (Wildman–Crippen LogP) is 11.7. The molecule has 338 valence electrons. The molecule has 12 nitrogen and oxygen atoms in total. The molecule has 0 aliphatic carbocycles. The Hall–Kier alpha value is -6.39. The Morgan fingerprint density at radius 2 is 0.492 bits per heavy atom. The summed E-state index contributed by atoms with van der Waals surface area (Å²) in [6.45, 7) is 19.3. The van der Waals surface area contributed by atoms with Crippen LogP contribution in [0.3, 0.4) is 0 Å². The van der Waals surface area contributed by atoms with Crippen molar-refractivity contribution in [3.63, 3.8) is 0 Å². The first kappa shape index (κ1) is 45.2. The van der Waals surface area contributed by atoms with Crippen LogP contribution in [0.25, 0.3) is 88.6 Å². The van der Waals surface area contributed by atoms with Crippen molar-refractivity contribution in [1.29, 1.82) is 0 Å². The number of rotatable bonds is 16. The fourth-order valence-electron chi connectivity index (χ4n) is 8.82. The van der Waals surface area contributed by atoms with Crippen molar-refractivity contribution in [2.24, 2.45) is 0 Å². The molecule has 8 bridgehead atoms. The molecule has 7 aromatic rings. The van der Waals surface area contributed by atoms with Gasteiger partial charge in [-0.05, 0) is 128 Å². The molecule has 0 amide bonds. The van der Waals surface area contributed by atoms with Crippen LogP contribution in [-0.4, -0.2) is 62.8 Å². The van der Waals surface area contributed by atoms with Crippen molar-refractivity contribution in [2.45, 2.75) is 55.4 Å². The fourth-order valence-corrected chi connectivity index (χ4v) is 8.82. The minimum Gasteiger partial charge on any atom is -0.657 e. The molecule has 0 saturated carbocycles. The zero-order chi connectivity index (χ0) is 44.5. The molecule has 13 heteroatoms. The van der Waals surface area contributed by atoms with Gasteiger partial charge in [0, 0.05) is 21.5 Å². The fraction of sp³-hybridized carbons (Fsp3) is 0.308. The van der Waals surface area contributed by atoms with Gasteiger partial charge in [-0.15, -0.1) is 22.1 Å². The third-order valence-corrected chi connectivity index (χ3v) is 11.0. The number of aromatic nitrogens is 4. The average Bonchev–Trinajstić information content (AvgIpc) is 4.04. The van der Waals surface area contributed by atoms with Gasteiger partial charge in [-0.1, -0.05) is 0 Å². The van der Waals surface area contributed by atoms with Crippen molar-refractivity contribution >= 4 is 43.6 Å². The summed E-state index contributed by atoms with van der Waals surface area (Å²) in [6, 6.07) is 23.5. The quantitative estimate of drug-likeness (QED) is 0.0914. The predicted molar refractivity (Wildman–Crippen MR) is 252 cm³/mol. The summed E-state index contributed by atoms with van der Waals surface area (Å²) >= 11 is 0. The van der Waals surface area contributed by atoms with E-state index in [1.54, 1.807) is 0 Å². The zero-order valence-electron chi connectivity index (χ0n) is 38.0. The minimum absolute atomic E-state index is 0. The Bertz CT molecular complexity index is 2690. The monoisotopic (exact) mass is 1060 g/mol. The second kappa shape index (κ2) is 19.4. The normalized spacial score (nSPS) is 11.4. The summed E-state index contributed by atoms with van der Waals surface area (Å²) in [5.74, 6) is 5.30. The second-order valence-electron chi connectivity index (χ2n) is 14.8. The van der Waals surface area contributed by atoms with Gasteiger partial charge in [-0.2, -0.15) is 0 Å². The largest absolute Gasteiger partial charge is 2.00 e. The van der Waals surface area contributed by atoms with Gasteiger partial charge in [0.05, 0.1) is 97.9 Å². The summed E-state index contributed by atoms with van der Waals surface area (Å²) in [7, 11) is 0. The first-order valence-corrected chi connectivity index (χ1v) is 22.3. The second-order valence-corrected chi connectivity index (χ2v) is 14.8. The van der Waals surface area contributed by atoms with Crippen LogP contribution in [-0.2, 0) is 21.1 Å². The number of benzene rings is 4. The summed E-state index contributed by atoms with van der Waals surface area (Å²) in [5, 5.41) is 3.13. The smallest absolute Gasteiger partial charge is 0.657 e. The van der Waals surface area contributed by atoms with E-state index in [0.717, 1.165) is 43.8 Å². The van der Waals surface area contributed by atoms with Gasteiger partial charge in [0.15, 0.2) is 0 Å². The topological polar surface area (TPSA) is 128 Å². The van der Waals surface area contributed by atoms with Crippen molar-refractivity contribution in [3.05, 3.63) is 72.8 Å². The van der Waals surface area contributed by atoms with Gasteiger partial charge < -0.3 is 47.9 Å². The van der Waals surface area contributed by atoms with E-state index in [-0.39, 0.29) is 21.1 Å². The van der Waals surface area contributed by atoms with Gasteiger partial charge >= 0.3 is 21.1 Å². The summed E-state index contributed by atoms with van der Waals surface area (Å²) in [4.78, 5) is 21.7. The molecule has 0 fully saturated rings. The van der Waals surface area contributed by atoms with Crippen molar-refractivity contribution < 1.29 is 59.0 Å². The molecular weight excluding hydrogens is 1000 g/mol. The maximum absolute atomic E-state index is 6.36. The molecular formula is C52H52N4O8Pt. The molecule has 9 rings (SSSR count). The zero-order valence-corrected chi connectivity index (χ0v) is 40.2. The maximum atomic E-state index is 6.36. The summed E-state index contributed by atoms with van der Waals surface area (Å²) < 4.78 is 50.9. The molecule has 0 atom stereocenters. The number of hydrogen-bond donors (Lipinski definition) is 0. The first-order chi connectivity index (χ1) is 31.4. The van der Waals surface area contributed by atoms with E-state index < -0.39 is 0 Å². The van der Waals surface area contributed by atoms with E-state index >= 15 is 0 Å². The average molecular weight is 1060 g/mol. The molecule has 0 N–H and O–H groups in total. The maximum Gasteiger partial charge on any atom is 2.00 e. The first-order valence-electron chi connectivity index (χ1n) is 22.3. The van der Waals surface area contributed by atoms with E-state index in [9.17, 15) is 0 Å². The van der Waals surface area contributed by atoms with Crippen molar-refractivity contribution in [2.75, 3.05) is 52.9 Å². The molecule has 5 heterocycles. The van der Waals surface area contributed by atoms with Crippen molar-refractivity contribution in [1.82, 2.24) is 19.9 Å². The molecule has 0 radical (unpaired) electrons. The Labute approximate surface area is 392 Å². The van der Waals surface area contributed by atoms with Crippen LogP contribution in [0.15, 0.2) is 72.8 Å². The van der Waals surface area contributed by atoms with Crippen LogP contribution in [0.5, 0.6) is 46.0 Å². The molecule has 2 aliphatic heterocycles. The molecule has 65 heavy (non-hydrogen) atoms. The van der Waals surface area contributed by atoms with Crippen molar-refractivity contribution in [3.8, 4) is 91.0 Å². The Balaban J connectivity index is 0.00000576. The van der Waals surface area contributed by atoms with Gasteiger partial charge in [0.2, 0.25) is 0 Å². The Morgan fingerprint density at radius 3 is 0.692 bits per heavy atom. The van der Waals surface area contributed by atoms with Crippen LogP contribution in [0, 0.1) is 0 Å². The van der Waals surface area contributed by atoms with E-state index in [2.05, 4.69) is 0 Å². The third kappa shape index (κ3) is 7.96. The number of ether oxygens (including phenoxy) is 8. The van der Waals surface area contributed by atoms with Crippen LogP contribution >= 0.6 is 0 Å². The SMILES string of the molecule is CCOc1ccc(OCC)c2c1-c1cc3[n-]c(cc4nc(cc5[n-]c(cc-2n1)c1c(OCC)ccc(OCC)c51)-c1c(OCC)ccc(OCC)c1-4)c1c(OCC)ccc(OCC)c31.[Pt+2]. The van der Waals surface area contributed by atoms with Crippen LogP contribution in [0.1, 0.15) is 55.4 Å². The van der Waals surface area contributed by atoms with E-state index in [1.165, 1.54) is 0 Å². The third-order valence-electron chi connectivity index (χ3n) is 11.0. The molecule has 0 saturated heterocycles. The van der Waals surface area contributed by atoms with Gasteiger partial charge in [0.1, 0.15) is 46.0 Å². The molecule has 0 spiro atoms. The van der Waals surface area contributed by atoms with Crippen LogP contribution in [0.4, 0.5) is 0 Å². The van der Waals surface area contributed by atoms with Gasteiger partial charge in [-0.3, -0.25) is 0 Å². The van der Waals surface area contributed by atoms with E-state index in [1.807, 2.05) is 128 Å². The molecule has 4 aromatic carbocycles. The Morgan fingerprint density at radius 1 is 0.308 bits per heavy atom. The minimum atomic E-state index is 0. The standard InChI is InChI=1S/C52H52N4O8.Pt/c1-9-57-37-17-18-38(58-10-2)46-30-26-32-48-40(60-12-4)21-22-42(62-14-6)50(48)34(55-32)28-36-52-44(64-16-8)24-23-43(63-15-7)51(52)35(56-36)27-33-49-41(61-13-5)20-19-39(59-11-3)47(49)31(54-33)25-29(53-30)45(37)46;/h17-28H,9-16H2,1-8H3;/q-2;+2. The number of fused-ring (bicyclic) bond motifs is 20. The summed E-state index contributed by atoms with van der Waals surface area (Å²) in [5.41, 5.74) is 8.20. The van der Waals surface area contributed by atoms with Gasteiger partial charge in [-0.25, -0.2) is 9.97 Å². The molecule has 0 unspecified atom stereocenters. The molecule has 2 aliphatic rings. The van der Waals surface area contributed by atoms with E-state index in [0.29, 0.717) is 144 Å². The van der Waals surface area contributed by atoms with Crippen LogP contribution in [0.2, 0.25) is 0 Å². The summed E-state index contributed by atoms with van der Waals surface area (Å²) in [6.07, 6.45) is 0. The van der Waals surface area contributed by atoms with E-state index in [4.69, 9.17) is 57.8 Å². The number of hydrogen-bond acceptors (Lipinski definition) is 10. The van der Waals surface area contributed by atoms with Gasteiger partial charge in [0.25, 0.3) is 0 Å². The Kier molecular flexibility index (Phi) is 13.5. The van der Waals surface area contributed by atoms with Crippen LogP contribution < -0.4 is 47.9 Å².